The number of hydrogen-bond donors (Lipinski definition) is 2. The summed E-state index contributed by atoms with van der Waals surface area (Å²) in [7, 11) is 0. The summed E-state index contributed by atoms with van der Waals surface area (Å²) in [6, 6.07) is 14.4. The first-order valence-electron chi connectivity index (χ1n) is 7.83. The zero-order chi connectivity index (χ0) is 17.4. The molecule has 2 aromatic rings. The van der Waals surface area contributed by atoms with Crippen LogP contribution in [0.3, 0.4) is 0 Å². The number of carboxylic acid groups (broad SMARTS) is 1. The topological polar surface area (TPSA) is 75.6 Å². The molecule has 5 heteroatoms. The van der Waals surface area contributed by atoms with Crippen molar-refractivity contribution in [2.24, 2.45) is 0 Å². The van der Waals surface area contributed by atoms with Crippen molar-refractivity contribution in [2.45, 2.75) is 19.8 Å². The van der Waals surface area contributed by atoms with Crippen molar-refractivity contribution in [2.75, 3.05) is 13.2 Å². The number of aryl methyl sites for hydroxylation is 2. The van der Waals surface area contributed by atoms with Gasteiger partial charge in [0.25, 0.3) is 0 Å². The van der Waals surface area contributed by atoms with E-state index >= 15 is 0 Å². The van der Waals surface area contributed by atoms with Crippen molar-refractivity contribution < 1.29 is 19.4 Å². The highest BCUT2D eigenvalue weighted by Crippen LogP contribution is 2.12. The molecule has 126 valence electrons. The van der Waals surface area contributed by atoms with Gasteiger partial charge < -0.3 is 15.2 Å². The van der Waals surface area contributed by atoms with Crippen LogP contribution in [-0.4, -0.2) is 30.1 Å². The summed E-state index contributed by atoms with van der Waals surface area (Å²) in [6.07, 6.45) is 0.641. The van der Waals surface area contributed by atoms with Gasteiger partial charge in [0.15, 0.2) is 0 Å². The number of rotatable bonds is 8. The van der Waals surface area contributed by atoms with E-state index in [9.17, 15) is 9.59 Å². The molecule has 2 rings (SSSR count). The maximum Gasteiger partial charge on any atom is 0.335 e. The van der Waals surface area contributed by atoms with Gasteiger partial charge in [0.1, 0.15) is 12.4 Å². The molecular weight excluding hydrogens is 306 g/mol. The first-order chi connectivity index (χ1) is 11.6. The minimum Gasteiger partial charge on any atom is -0.492 e. The molecule has 0 aromatic heterocycles. The first kappa shape index (κ1) is 17.5. The maximum atomic E-state index is 11.8. The Balaban J connectivity index is 1.71. The van der Waals surface area contributed by atoms with Gasteiger partial charge in [-0.3, -0.25) is 4.79 Å². The van der Waals surface area contributed by atoms with Gasteiger partial charge in [0.2, 0.25) is 5.91 Å². The fourth-order valence-corrected chi connectivity index (χ4v) is 2.35. The second-order valence-corrected chi connectivity index (χ2v) is 5.48. The van der Waals surface area contributed by atoms with Gasteiger partial charge in [0.05, 0.1) is 12.1 Å². The third-order valence-electron chi connectivity index (χ3n) is 3.55. The Kier molecular flexibility index (Phi) is 6.37. The molecular formula is C19H21NO4. The minimum atomic E-state index is -0.974. The molecule has 2 aromatic carbocycles. The average molecular weight is 327 g/mol. The zero-order valence-electron chi connectivity index (χ0n) is 13.6. The highest BCUT2D eigenvalue weighted by molar-refractivity contribution is 5.89. The van der Waals surface area contributed by atoms with Crippen LogP contribution in [0.1, 0.15) is 27.9 Å². The number of nitrogens with one attached hydrogen (secondary N) is 1. The van der Waals surface area contributed by atoms with Crippen LogP contribution in [0.25, 0.3) is 0 Å². The van der Waals surface area contributed by atoms with E-state index in [2.05, 4.69) is 5.32 Å². The van der Waals surface area contributed by atoms with Crippen molar-refractivity contribution in [3.63, 3.8) is 0 Å². The van der Waals surface area contributed by atoms with Crippen LogP contribution in [0.15, 0.2) is 48.5 Å². The normalized spacial score (nSPS) is 10.2. The fourth-order valence-electron chi connectivity index (χ4n) is 2.35. The van der Waals surface area contributed by atoms with Crippen LogP contribution < -0.4 is 10.1 Å². The van der Waals surface area contributed by atoms with Crippen LogP contribution in [0, 0.1) is 6.92 Å². The molecule has 0 spiro atoms. The number of ether oxygens (including phenoxy) is 1. The number of aromatic carboxylic acids is 1. The molecule has 0 aliphatic rings. The van der Waals surface area contributed by atoms with Gasteiger partial charge in [-0.15, -0.1) is 0 Å². The van der Waals surface area contributed by atoms with Crippen molar-refractivity contribution in [3.8, 4) is 5.75 Å². The molecule has 0 fully saturated rings. The lowest BCUT2D eigenvalue weighted by Gasteiger charge is -2.09. The Hall–Kier alpha value is -2.82. The molecule has 0 heterocycles. The highest BCUT2D eigenvalue weighted by Gasteiger charge is 2.10. The zero-order valence-corrected chi connectivity index (χ0v) is 13.6. The van der Waals surface area contributed by atoms with Crippen LogP contribution in [-0.2, 0) is 11.2 Å². The van der Waals surface area contributed by atoms with E-state index in [1.54, 1.807) is 24.3 Å². The smallest absolute Gasteiger partial charge is 0.335 e. The second kappa shape index (κ2) is 8.72. The summed E-state index contributed by atoms with van der Waals surface area (Å²) >= 11 is 0. The molecule has 0 aliphatic carbocycles. The summed E-state index contributed by atoms with van der Waals surface area (Å²) in [6.45, 7) is 2.79. The second-order valence-electron chi connectivity index (χ2n) is 5.48. The number of amides is 1. The van der Waals surface area contributed by atoms with E-state index < -0.39 is 5.97 Å². The lowest BCUT2D eigenvalue weighted by atomic mass is 10.0. The fraction of sp³-hybridized carbons (Fsp3) is 0.263. The Labute approximate surface area is 141 Å². The molecule has 0 aliphatic heterocycles. The lowest BCUT2D eigenvalue weighted by molar-refractivity contribution is -0.121. The Morgan fingerprint density at radius 3 is 2.67 bits per heavy atom. The van der Waals surface area contributed by atoms with E-state index in [4.69, 9.17) is 9.84 Å². The number of hydrogen-bond acceptors (Lipinski definition) is 3. The van der Waals surface area contributed by atoms with Gasteiger partial charge >= 0.3 is 5.97 Å². The van der Waals surface area contributed by atoms with Crippen molar-refractivity contribution in [1.29, 1.82) is 0 Å². The molecule has 0 saturated carbocycles. The molecule has 2 N–H and O–H groups in total. The van der Waals surface area contributed by atoms with Gasteiger partial charge in [-0.1, -0.05) is 30.3 Å². The van der Waals surface area contributed by atoms with Crippen molar-refractivity contribution in [1.82, 2.24) is 5.32 Å². The monoisotopic (exact) mass is 327 g/mol. The summed E-state index contributed by atoms with van der Waals surface area (Å²) in [5.74, 6) is -0.319. The SMILES string of the molecule is Cc1cccc(OCCNC(=O)CCc2ccccc2C(=O)O)c1. The van der Waals surface area contributed by atoms with E-state index in [1.807, 2.05) is 31.2 Å². The molecule has 0 radical (unpaired) electrons. The summed E-state index contributed by atoms with van der Waals surface area (Å²) in [5.41, 5.74) is 2.03. The summed E-state index contributed by atoms with van der Waals surface area (Å²) in [5, 5.41) is 11.9. The number of carboxylic acids is 1. The minimum absolute atomic E-state index is 0.122. The maximum absolute atomic E-state index is 11.8. The molecule has 5 nitrogen and oxygen atoms in total. The predicted molar refractivity (Wildman–Crippen MR) is 91.4 cm³/mol. The molecule has 1 amide bonds. The number of carbonyl (C=O) groups is 2. The van der Waals surface area contributed by atoms with Crippen LogP contribution in [0.2, 0.25) is 0 Å². The third kappa shape index (κ3) is 5.43. The van der Waals surface area contributed by atoms with Gasteiger partial charge in [-0.05, 0) is 42.7 Å². The quantitative estimate of drug-likeness (QED) is 0.731. The van der Waals surface area contributed by atoms with E-state index in [0.29, 0.717) is 25.1 Å². The van der Waals surface area contributed by atoms with E-state index in [0.717, 1.165) is 11.3 Å². The molecule has 0 unspecified atom stereocenters. The standard InChI is InChI=1S/C19H21NO4/c1-14-5-4-7-16(13-14)24-12-11-20-18(21)10-9-15-6-2-3-8-17(15)19(22)23/h2-8,13H,9-12H2,1H3,(H,20,21)(H,22,23). The van der Waals surface area contributed by atoms with E-state index in [1.165, 1.54) is 0 Å². The highest BCUT2D eigenvalue weighted by atomic mass is 16.5. The molecule has 0 saturated heterocycles. The predicted octanol–water partition coefficient (Wildman–Crippen LogP) is 2.82. The van der Waals surface area contributed by atoms with Crippen molar-refractivity contribution in [3.05, 3.63) is 65.2 Å². The van der Waals surface area contributed by atoms with Gasteiger partial charge in [-0.2, -0.15) is 0 Å². The summed E-state index contributed by atoms with van der Waals surface area (Å²) < 4.78 is 5.56. The third-order valence-corrected chi connectivity index (χ3v) is 3.55. The van der Waals surface area contributed by atoms with Crippen LogP contribution in [0.4, 0.5) is 0 Å². The molecule has 24 heavy (non-hydrogen) atoms. The number of benzene rings is 2. The molecule has 0 atom stereocenters. The van der Waals surface area contributed by atoms with Gasteiger partial charge in [0, 0.05) is 6.42 Å². The summed E-state index contributed by atoms with van der Waals surface area (Å²) in [4.78, 5) is 23.0. The van der Waals surface area contributed by atoms with Crippen LogP contribution >= 0.6 is 0 Å². The number of carbonyl (C=O) groups excluding carboxylic acids is 1. The Morgan fingerprint density at radius 2 is 1.92 bits per heavy atom. The first-order valence-corrected chi connectivity index (χ1v) is 7.83. The Morgan fingerprint density at radius 1 is 1.12 bits per heavy atom. The Bertz CT molecular complexity index is 712. The van der Waals surface area contributed by atoms with Crippen LogP contribution in [0.5, 0.6) is 5.75 Å². The lowest BCUT2D eigenvalue weighted by Crippen LogP contribution is -2.28. The largest absolute Gasteiger partial charge is 0.492 e. The average Bonchev–Trinajstić information content (AvgIpc) is 2.57. The van der Waals surface area contributed by atoms with Crippen molar-refractivity contribution >= 4 is 11.9 Å². The van der Waals surface area contributed by atoms with Gasteiger partial charge in [-0.25, -0.2) is 4.79 Å². The molecule has 0 bridgehead atoms. The van der Waals surface area contributed by atoms with E-state index in [-0.39, 0.29) is 17.9 Å².